The van der Waals surface area contributed by atoms with Crippen LogP contribution in [0.15, 0.2) is 54.7 Å². The highest BCUT2D eigenvalue weighted by molar-refractivity contribution is 5.90. The Kier molecular flexibility index (Phi) is 12.5. The Bertz CT molecular complexity index is 1610. The molecule has 256 valence electrons. The SMILES string of the molecule is N#Cc1cc(-c2ccnc(Nc3cccc(NC(=O)N4CCCC4)c3)n2)ccc1N1CCCC1.O=C(O)C(F)(F)F.O=C(O)C(F)(F)F. The molecule has 3 aromatic rings. The van der Waals surface area contributed by atoms with Gasteiger partial charge < -0.3 is 30.6 Å². The molecule has 5 rings (SSSR count). The summed E-state index contributed by atoms with van der Waals surface area (Å²) in [7, 11) is 0. The third-order valence-corrected chi connectivity index (χ3v) is 6.76. The third kappa shape index (κ3) is 11.0. The standard InChI is InChI=1S/C26H27N7O.2C2HF3O2/c27-18-20-16-19(8-9-24(20)32-12-1-2-13-32)23-10-11-28-25(31-23)29-21-6-5-7-22(17-21)30-26(34)33-14-3-4-15-33;2*3-2(4,5)1(6)7/h5-11,16-17H,1-4,12-15H2,(H,30,34)(H,28,29,31);2*(H,6,7). The second-order valence-corrected chi connectivity index (χ2v) is 10.2. The first-order chi connectivity index (χ1) is 22.6. The molecular weight excluding hydrogens is 652 g/mol. The maximum atomic E-state index is 12.4. The molecule has 0 radical (unpaired) electrons. The monoisotopic (exact) mass is 681 g/mol. The molecule has 1 aromatic heterocycles. The Morgan fingerprint density at radius 2 is 1.38 bits per heavy atom. The molecule has 48 heavy (non-hydrogen) atoms. The van der Waals surface area contributed by atoms with E-state index in [9.17, 15) is 36.4 Å². The lowest BCUT2D eigenvalue weighted by atomic mass is 10.1. The summed E-state index contributed by atoms with van der Waals surface area (Å²) in [5, 5.41) is 30.1. The summed E-state index contributed by atoms with van der Waals surface area (Å²) in [6.45, 7) is 3.59. The normalized spacial score (nSPS) is 14.1. The van der Waals surface area contributed by atoms with Crippen molar-refractivity contribution >= 4 is 41.0 Å². The zero-order valence-electron chi connectivity index (χ0n) is 25.0. The maximum absolute atomic E-state index is 12.4. The van der Waals surface area contributed by atoms with E-state index in [-0.39, 0.29) is 6.03 Å². The second kappa shape index (κ2) is 16.3. The number of nitrogens with zero attached hydrogens (tertiary/aromatic N) is 5. The van der Waals surface area contributed by atoms with E-state index in [2.05, 4.69) is 31.6 Å². The summed E-state index contributed by atoms with van der Waals surface area (Å²) in [6, 6.07) is 17.5. The van der Waals surface area contributed by atoms with Gasteiger partial charge in [0.1, 0.15) is 6.07 Å². The molecule has 0 saturated carbocycles. The van der Waals surface area contributed by atoms with Crippen molar-refractivity contribution in [2.24, 2.45) is 0 Å². The predicted molar refractivity (Wildman–Crippen MR) is 161 cm³/mol. The first-order valence-corrected chi connectivity index (χ1v) is 14.2. The van der Waals surface area contributed by atoms with Crippen molar-refractivity contribution < 1.29 is 50.9 Å². The van der Waals surface area contributed by atoms with Crippen LogP contribution >= 0.6 is 0 Å². The molecule has 4 N–H and O–H groups in total. The second-order valence-electron chi connectivity index (χ2n) is 10.2. The lowest BCUT2D eigenvalue weighted by Crippen LogP contribution is -2.32. The van der Waals surface area contributed by atoms with Crippen molar-refractivity contribution in [3.05, 3.63) is 60.3 Å². The highest BCUT2D eigenvalue weighted by Crippen LogP contribution is 2.29. The van der Waals surface area contributed by atoms with Crippen LogP contribution in [0, 0.1) is 11.3 Å². The molecule has 0 atom stereocenters. The lowest BCUT2D eigenvalue weighted by Gasteiger charge is -2.19. The fourth-order valence-electron chi connectivity index (χ4n) is 4.52. The molecular formula is C30H29F6N7O5. The quantitative estimate of drug-likeness (QED) is 0.226. The van der Waals surface area contributed by atoms with Crippen molar-refractivity contribution in [3.63, 3.8) is 0 Å². The van der Waals surface area contributed by atoms with Crippen molar-refractivity contribution in [1.29, 1.82) is 5.26 Å². The first kappa shape index (κ1) is 36.9. The van der Waals surface area contributed by atoms with Gasteiger partial charge in [-0.2, -0.15) is 31.6 Å². The van der Waals surface area contributed by atoms with Crippen molar-refractivity contribution in [3.8, 4) is 17.3 Å². The Labute approximate surface area is 269 Å². The molecule has 0 unspecified atom stereocenters. The van der Waals surface area contributed by atoms with E-state index in [1.165, 1.54) is 0 Å². The van der Waals surface area contributed by atoms with Crippen LogP contribution in [0.4, 0.5) is 54.1 Å². The van der Waals surface area contributed by atoms with Crippen LogP contribution in [0.1, 0.15) is 31.2 Å². The number of anilines is 4. The predicted octanol–water partition coefficient (Wildman–Crippen LogP) is 6.25. The number of carboxylic acid groups (broad SMARTS) is 2. The fourth-order valence-corrected chi connectivity index (χ4v) is 4.52. The molecule has 0 aliphatic carbocycles. The van der Waals surface area contributed by atoms with E-state index < -0.39 is 24.3 Å². The zero-order chi connectivity index (χ0) is 35.5. The van der Waals surface area contributed by atoms with Gasteiger partial charge in [-0.3, -0.25) is 0 Å². The maximum Gasteiger partial charge on any atom is 0.490 e. The number of likely N-dealkylation sites (tertiary alicyclic amines) is 1. The molecule has 0 bridgehead atoms. The summed E-state index contributed by atoms with van der Waals surface area (Å²) in [5.41, 5.74) is 4.75. The van der Waals surface area contributed by atoms with Crippen LogP contribution in [-0.2, 0) is 9.59 Å². The number of aliphatic carboxylic acids is 2. The van der Waals surface area contributed by atoms with Gasteiger partial charge >= 0.3 is 30.3 Å². The van der Waals surface area contributed by atoms with Gasteiger partial charge in [0.05, 0.1) is 16.9 Å². The van der Waals surface area contributed by atoms with Crippen molar-refractivity contribution in [2.45, 2.75) is 38.0 Å². The number of hydrogen-bond donors (Lipinski definition) is 4. The molecule has 2 aliphatic heterocycles. The van der Waals surface area contributed by atoms with E-state index >= 15 is 0 Å². The minimum absolute atomic E-state index is 0.0708. The highest BCUT2D eigenvalue weighted by atomic mass is 19.4. The number of nitrogens with one attached hydrogen (secondary N) is 2. The number of carboxylic acids is 2. The average molecular weight is 682 g/mol. The summed E-state index contributed by atoms with van der Waals surface area (Å²) in [4.78, 5) is 43.3. The number of hydrogen-bond acceptors (Lipinski definition) is 8. The van der Waals surface area contributed by atoms with Gasteiger partial charge in [-0.25, -0.2) is 24.4 Å². The van der Waals surface area contributed by atoms with Crippen molar-refractivity contribution in [2.75, 3.05) is 41.7 Å². The number of halogens is 6. The number of alkyl halides is 6. The summed E-state index contributed by atoms with van der Waals surface area (Å²) < 4.78 is 63.5. The summed E-state index contributed by atoms with van der Waals surface area (Å²) >= 11 is 0. The molecule has 12 nitrogen and oxygen atoms in total. The van der Waals surface area contributed by atoms with Gasteiger partial charge in [0, 0.05) is 49.3 Å². The number of urea groups is 1. The number of nitriles is 1. The number of carbonyl (C=O) groups is 3. The molecule has 2 saturated heterocycles. The van der Waals surface area contributed by atoms with E-state index in [0.717, 1.165) is 74.5 Å². The highest BCUT2D eigenvalue weighted by Gasteiger charge is 2.38. The van der Waals surface area contributed by atoms with Crippen LogP contribution in [0.5, 0.6) is 0 Å². The van der Waals surface area contributed by atoms with E-state index in [1.807, 2.05) is 53.4 Å². The van der Waals surface area contributed by atoms with Gasteiger partial charge in [0.15, 0.2) is 0 Å². The van der Waals surface area contributed by atoms with Gasteiger partial charge in [-0.05, 0) is 62.1 Å². The van der Waals surface area contributed by atoms with E-state index in [4.69, 9.17) is 19.8 Å². The fraction of sp³-hybridized carbons (Fsp3) is 0.333. The average Bonchev–Trinajstić information content (AvgIpc) is 3.76. The minimum Gasteiger partial charge on any atom is -0.475 e. The van der Waals surface area contributed by atoms with Gasteiger partial charge in [-0.15, -0.1) is 0 Å². The number of amides is 2. The molecule has 2 aliphatic rings. The van der Waals surface area contributed by atoms with Gasteiger partial charge in [-0.1, -0.05) is 12.1 Å². The Morgan fingerprint density at radius 1 is 0.812 bits per heavy atom. The summed E-state index contributed by atoms with van der Waals surface area (Å²) in [6.07, 6.45) is -4.03. The Balaban J connectivity index is 0.000000376. The largest absolute Gasteiger partial charge is 0.490 e. The van der Waals surface area contributed by atoms with Crippen LogP contribution < -0.4 is 15.5 Å². The van der Waals surface area contributed by atoms with Gasteiger partial charge in [0.25, 0.3) is 0 Å². The Morgan fingerprint density at radius 3 is 1.94 bits per heavy atom. The van der Waals surface area contributed by atoms with Crippen LogP contribution in [-0.4, -0.2) is 81.6 Å². The van der Waals surface area contributed by atoms with Crippen LogP contribution in [0.25, 0.3) is 11.3 Å². The number of rotatable bonds is 5. The number of carbonyl (C=O) groups excluding carboxylic acids is 1. The topological polar surface area (TPSA) is 172 Å². The number of benzene rings is 2. The van der Waals surface area contributed by atoms with Crippen molar-refractivity contribution in [1.82, 2.24) is 14.9 Å². The lowest BCUT2D eigenvalue weighted by molar-refractivity contribution is -0.193. The number of aromatic nitrogens is 2. The molecule has 3 heterocycles. The summed E-state index contributed by atoms with van der Waals surface area (Å²) in [5.74, 6) is -5.07. The smallest absolute Gasteiger partial charge is 0.475 e. The molecule has 2 amide bonds. The molecule has 2 fully saturated rings. The van der Waals surface area contributed by atoms with Crippen LogP contribution in [0.2, 0.25) is 0 Å². The van der Waals surface area contributed by atoms with E-state index in [0.29, 0.717) is 17.2 Å². The molecule has 18 heteroatoms. The van der Waals surface area contributed by atoms with Crippen LogP contribution in [0.3, 0.4) is 0 Å². The Hall–Kier alpha value is -5.60. The van der Waals surface area contributed by atoms with E-state index in [1.54, 1.807) is 6.20 Å². The zero-order valence-corrected chi connectivity index (χ0v) is 25.0. The first-order valence-electron chi connectivity index (χ1n) is 14.2. The third-order valence-electron chi connectivity index (χ3n) is 6.76. The molecule has 2 aromatic carbocycles. The molecule has 0 spiro atoms. The minimum atomic E-state index is -5.08. The van der Waals surface area contributed by atoms with Gasteiger partial charge in [0.2, 0.25) is 5.95 Å².